The highest BCUT2D eigenvalue weighted by molar-refractivity contribution is 6.04. The summed E-state index contributed by atoms with van der Waals surface area (Å²) in [6.45, 7) is 1.24. The standard InChI is InChI=1S/C14H17N3O2/c18-13-9-17(14(19)8-16-13)11-4-1-3-10(7-11)12-5-2-6-15-12/h1,3-4,7,12,15H,2,5-6,8-9H2,(H,16,18). The number of amides is 2. The topological polar surface area (TPSA) is 61.4 Å². The number of benzene rings is 1. The van der Waals surface area contributed by atoms with Gasteiger partial charge in [-0.3, -0.25) is 9.59 Å². The normalized spacial score (nSPS) is 23.6. The zero-order valence-electron chi connectivity index (χ0n) is 10.7. The lowest BCUT2D eigenvalue weighted by molar-refractivity contribution is -0.128. The van der Waals surface area contributed by atoms with Crippen molar-refractivity contribution in [2.24, 2.45) is 0 Å². The number of piperazine rings is 1. The molecule has 2 heterocycles. The van der Waals surface area contributed by atoms with Crippen molar-refractivity contribution >= 4 is 17.5 Å². The number of carbonyl (C=O) groups is 2. The van der Waals surface area contributed by atoms with Gasteiger partial charge in [-0.05, 0) is 37.1 Å². The lowest BCUT2D eigenvalue weighted by Gasteiger charge is -2.27. The molecule has 0 aromatic heterocycles. The Balaban J connectivity index is 1.85. The first-order valence-electron chi connectivity index (χ1n) is 6.64. The van der Waals surface area contributed by atoms with Crippen LogP contribution in [0, 0.1) is 0 Å². The van der Waals surface area contributed by atoms with Crippen molar-refractivity contribution in [1.82, 2.24) is 10.6 Å². The molecule has 2 aliphatic rings. The van der Waals surface area contributed by atoms with Crippen LogP contribution >= 0.6 is 0 Å². The number of hydrogen-bond donors (Lipinski definition) is 2. The monoisotopic (exact) mass is 259 g/mol. The van der Waals surface area contributed by atoms with E-state index in [9.17, 15) is 9.59 Å². The smallest absolute Gasteiger partial charge is 0.246 e. The molecule has 2 saturated heterocycles. The molecule has 0 aliphatic carbocycles. The van der Waals surface area contributed by atoms with E-state index in [1.807, 2.05) is 18.2 Å². The molecule has 2 N–H and O–H groups in total. The molecule has 5 heteroatoms. The van der Waals surface area contributed by atoms with Gasteiger partial charge in [-0.25, -0.2) is 0 Å². The van der Waals surface area contributed by atoms with Gasteiger partial charge in [-0.2, -0.15) is 0 Å². The average Bonchev–Trinajstić information content (AvgIpc) is 2.96. The van der Waals surface area contributed by atoms with Crippen molar-refractivity contribution in [3.63, 3.8) is 0 Å². The highest BCUT2D eigenvalue weighted by Crippen LogP contribution is 2.26. The zero-order valence-corrected chi connectivity index (χ0v) is 10.7. The molecule has 5 nitrogen and oxygen atoms in total. The molecule has 0 radical (unpaired) electrons. The van der Waals surface area contributed by atoms with Gasteiger partial charge in [0.05, 0.1) is 6.54 Å². The van der Waals surface area contributed by atoms with Crippen LogP contribution in [-0.4, -0.2) is 31.4 Å². The van der Waals surface area contributed by atoms with E-state index < -0.39 is 0 Å². The summed E-state index contributed by atoms with van der Waals surface area (Å²) in [5, 5.41) is 6.00. The summed E-state index contributed by atoms with van der Waals surface area (Å²) in [4.78, 5) is 24.8. The molecule has 100 valence electrons. The van der Waals surface area contributed by atoms with Crippen LogP contribution in [0.1, 0.15) is 24.4 Å². The average molecular weight is 259 g/mol. The molecule has 19 heavy (non-hydrogen) atoms. The van der Waals surface area contributed by atoms with Crippen LogP contribution < -0.4 is 15.5 Å². The molecule has 2 aliphatic heterocycles. The third-order valence-electron chi connectivity index (χ3n) is 3.68. The van der Waals surface area contributed by atoms with Crippen molar-refractivity contribution in [3.05, 3.63) is 29.8 Å². The Morgan fingerprint density at radius 3 is 2.95 bits per heavy atom. The molecule has 3 rings (SSSR count). The van der Waals surface area contributed by atoms with Gasteiger partial charge >= 0.3 is 0 Å². The first kappa shape index (κ1) is 12.2. The fourth-order valence-corrected chi connectivity index (χ4v) is 2.67. The summed E-state index contributed by atoms with van der Waals surface area (Å²) in [7, 11) is 0. The molecule has 1 atom stereocenters. The van der Waals surface area contributed by atoms with Gasteiger partial charge in [0.1, 0.15) is 6.54 Å². The summed E-state index contributed by atoms with van der Waals surface area (Å²) in [5.41, 5.74) is 2.00. The van der Waals surface area contributed by atoms with Crippen molar-refractivity contribution in [1.29, 1.82) is 0 Å². The summed E-state index contributed by atoms with van der Waals surface area (Å²) in [6.07, 6.45) is 2.30. The van der Waals surface area contributed by atoms with E-state index >= 15 is 0 Å². The highest BCUT2D eigenvalue weighted by Gasteiger charge is 2.25. The predicted molar refractivity (Wildman–Crippen MR) is 71.8 cm³/mol. The Hall–Kier alpha value is -1.88. The van der Waals surface area contributed by atoms with E-state index in [-0.39, 0.29) is 24.9 Å². The second kappa shape index (κ2) is 5.01. The van der Waals surface area contributed by atoms with Crippen LogP contribution in [0.3, 0.4) is 0 Å². The maximum absolute atomic E-state index is 11.9. The van der Waals surface area contributed by atoms with Crippen molar-refractivity contribution < 1.29 is 9.59 Å². The maximum atomic E-state index is 11.9. The van der Waals surface area contributed by atoms with Crippen LogP contribution in [0.4, 0.5) is 5.69 Å². The number of nitrogens with zero attached hydrogens (tertiary/aromatic N) is 1. The molecule has 0 spiro atoms. The Bertz CT molecular complexity index is 509. The van der Waals surface area contributed by atoms with Crippen LogP contribution in [0.25, 0.3) is 0 Å². The number of anilines is 1. The van der Waals surface area contributed by atoms with Gasteiger partial charge in [0.25, 0.3) is 0 Å². The first-order valence-corrected chi connectivity index (χ1v) is 6.64. The van der Waals surface area contributed by atoms with Gasteiger partial charge in [0, 0.05) is 11.7 Å². The van der Waals surface area contributed by atoms with E-state index in [1.54, 1.807) is 4.90 Å². The highest BCUT2D eigenvalue weighted by atomic mass is 16.2. The molecule has 0 bridgehead atoms. The predicted octanol–water partition coefficient (Wildman–Crippen LogP) is 0.574. The minimum atomic E-state index is -0.107. The van der Waals surface area contributed by atoms with E-state index in [4.69, 9.17) is 0 Å². The fraction of sp³-hybridized carbons (Fsp3) is 0.429. The molecule has 2 amide bonds. The third-order valence-corrected chi connectivity index (χ3v) is 3.68. The van der Waals surface area contributed by atoms with Crippen LogP contribution in [0.15, 0.2) is 24.3 Å². The first-order chi connectivity index (χ1) is 9.24. The molecular formula is C14H17N3O2. The second-order valence-electron chi connectivity index (χ2n) is 5.00. The van der Waals surface area contributed by atoms with Crippen molar-refractivity contribution in [2.45, 2.75) is 18.9 Å². The van der Waals surface area contributed by atoms with Gasteiger partial charge in [0.2, 0.25) is 11.8 Å². The molecular weight excluding hydrogens is 242 g/mol. The van der Waals surface area contributed by atoms with Crippen LogP contribution in [-0.2, 0) is 9.59 Å². The largest absolute Gasteiger partial charge is 0.345 e. The van der Waals surface area contributed by atoms with E-state index in [0.29, 0.717) is 6.04 Å². The molecule has 1 aromatic carbocycles. The lowest BCUT2D eigenvalue weighted by atomic mass is 10.0. The van der Waals surface area contributed by atoms with Crippen LogP contribution in [0.2, 0.25) is 0 Å². The Morgan fingerprint density at radius 2 is 2.16 bits per heavy atom. The van der Waals surface area contributed by atoms with Gasteiger partial charge in [-0.15, -0.1) is 0 Å². The summed E-state index contributed by atoms with van der Waals surface area (Å²) < 4.78 is 0. The van der Waals surface area contributed by atoms with Gasteiger partial charge < -0.3 is 15.5 Å². The molecule has 1 aromatic rings. The Morgan fingerprint density at radius 1 is 1.26 bits per heavy atom. The zero-order chi connectivity index (χ0) is 13.2. The SMILES string of the molecule is O=C1CN(c2cccc(C3CCCN3)c2)C(=O)CN1. The van der Waals surface area contributed by atoms with Gasteiger partial charge in [-0.1, -0.05) is 12.1 Å². The van der Waals surface area contributed by atoms with Crippen LogP contribution in [0.5, 0.6) is 0 Å². The Labute approximate surface area is 112 Å². The van der Waals surface area contributed by atoms with E-state index in [1.165, 1.54) is 12.0 Å². The molecule has 2 fully saturated rings. The quantitative estimate of drug-likeness (QED) is 0.816. The third kappa shape index (κ3) is 2.46. The number of rotatable bonds is 2. The lowest BCUT2D eigenvalue weighted by Crippen LogP contribution is -2.51. The van der Waals surface area contributed by atoms with Crippen molar-refractivity contribution in [3.8, 4) is 0 Å². The second-order valence-corrected chi connectivity index (χ2v) is 5.00. The number of nitrogens with one attached hydrogen (secondary N) is 2. The van der Waals surface area contributed by atoms with Gasteiger partial charge in [0.15, 0.2) is 0 Å². The number of hydrogen-bond acceptors (Lipinski definition) is 3. The van der Waals surface area contributed by atoms with E-state index in [2.05, 4.69) is 16.7 Å². The summed E-state index contributed by atoms with van der Waals surface area (Å²) in [6, 6.07) is 8.29. The maximum Gasteiger partial charge on any atom is 0.246 e. The summed E-state index contributed by atoms with van der Waals surface area (Å²) >= 11 is 0. The number of carbonyl (C=O) groups excluding carboxylic acids is 2. The summed E-state index contributed by atoms with van der Waals surface area (Å²) in [5.74, 6) is -0.167. The minimum Gasteiger partial charge on any atom is -0.345 e. The Kier molecular flexibility index (Phi) is 3.21. The minimum absolute atomic E-state index is 0.0591. The fourth-order valence-electron chi connectivity index (χ4n) is 2.67. The van der Waals surface area contributed by atoms with E-state index in [0.717, 1.165) is 18.7 Å². The van der Waals surface area contributed by atoms with Crippen molar-refractivity contribution in [2.75, 3.05) is 24.5 Å². The molecule has 0 saturated carbocycles. The molecule has 1 unspecified atom stereocenters.